The van der Waals surface area contributed by atoms with Crippen LogP contribution in [0.15, 0.2) is 122 Å². The zero-order valence-corrected chi connectivity index (χ0v) is 24.6. The van der Waals surface area contributed by atoms with Gasteiger partial charge in [-0.1, -0.05) is 42.5 Å². The van der Waals surface area contributed by atoms with Gasteiger partial charge in [-0.05, 0) is 66.7 Å². The lowest BCUT2D eigenvalue weighted by atomic mass is 10.0. The maximum absolute atomic E-state index is 13.8. The van der Waals surface area contributed by atoms with Crippen LogP contribution >= 0.6 is 0 Å². The van der Waals surface area contributed by atoms with Crippen molar-refractivity contribution in [2.75, 3.05) is 0 Å². The van der Waals surface area contributed by atoms with E-state index in [0.717, 1.165) is 24.3 Å². The van der Waals surface area contributed by atoms with Gasteiger partial charge < -0.3 is 9.13 Å². The van der Waals surface area contributed by atoms with E-state index in [4.69, 9.17) is 0 Å². The van der Waals surface area contributed by atoms with Gasteiger partial charge in [0, 0.05) is 45.1 Å². The molecule has 10 heteroatoms. The molecular formula is C38H20F6N4. The van der Waals surface area contributed by atoms with E-state index in [9.17, 15) is 31.6 Å². The second-order valence-electron chi connectivity index (χ2n) is 11.4. The number of rotatable bonds is 3. The van der Waals surface area contributed by atoms with Crippen molar-refractivity contribution in [3.05, 3.63) is 138 Å². The minimum atomic E-state index is -4.54. The second kappa shape index (κ2) is 10.5. The van der Waals surface area contributed by atoms with E-state index in [0.29, 0.717) is 71.7 Å². The summed E-state index contributed by atoms with van der Waals surface area (Å²) in [6, 6.07) is 30.6. The van der Waals surface area contributed by atoms with Gasteiger partial charge in [-0.25, -0.2) is 0 Å². The van der Waals surface area contributed by atoms with Crippen LogP contribution < -0.4 is 0 Å². The van der Waals surface area contributed by atoms with Crippen molar-refractivity contribution in [2.45, 2.75) is 12.4 Å². The summed E-state index contributed by atoms with van der Waals surface area (Å²) in [6.45, 7) is 0. The van der Waals surface area contributed by atoms with E-state index in [1.807, 2.05) is 21.3 Å². The number of hydrogen-bond donors (Lipinski definition) is 0. The minimum absolute atomic E-state index is 0.327. The summed E-state index contributed by atoms with van der Waals surface area (Å²) in [5.41, 5.74) is 3.47. The number of aromatic nitrogens is 3. The molecule has 0 unspecified atom stereocenters. The largest absolute Gasteiger partial charge is 0.416 e. The standard InChI is InChI=1S/C38H20F6N4/c39-37(40,41)23-10-13-33-28(18-23)25-5-1-3-7-31(25)47(33)35-15-16-46-21-30(35)27-12-9-22(20-45)17-36(27)48-32-8-4-2-6-26(32)29-19-24(38(42,43)44)11-14-34(29)48/h1-19,21H. The molecule has 0 aliphatic rings. The van der Waals surface area contributed by atoms with E-state index >= 15 is 0 Å². The summed E-state index contributed by atoms with van der Waals surface area (Å²) in [5.74, 6) is 0. The lowest BCUT2D eigenvalue weighted by Crippen LogP contribution is -2.05. The van der Waals surface area contributed by atoms with E-state index in [2.05, 4.69) is 11.1 Å². The van der Waals surface area contributed by atoms with E-state index in [-0.39, 0.29) is 0 Å². The van der Waals surface area contributed by atoms with E-state index in [1.54, 1.807) is 73.1 Å². The van der Waals surface area contributed by atoms with Crippen LogP contribution in [-0.2, 0) is 12.4 Å². The van der Waals surface area contributed by atoms with Crippen LogP contribution in [0.25, 0.3) is 66.1 Å². The molecule has 3 heterocycles. The highest BCUT2D eigenvalue weighted by molar-refractivity contribution is 6.11. The fraction of sp³-hybridized carbons (Fsp3) is 0.0526. The predicted molar refractivity (Wildman–Crippen MR) is 173 cm³/mol. The number of alkyl halides is 6. The highest BCUT2D eigenvalue weighted by Gasteiger charge is 2.32. The summed E-state index contributed by atoms with van der Waals surface area (Å²) >= 11 is 0. The number of pyridine rings is 1. The third-order valence-electron chi connectivity index (χ3n) is 8.70. The molecule has 4 nitrogen and oxygen atoms in total. The SMILES string of the molecule is N#Cc1ccc(-c2cnccc2-n2c3ccccc3c3cc(C(F)(F)F)ccc32)c(-n2c3ccccc3c3cc(C(F)(F)F)ccc32)c1. The van der Waals surface area contributed by atoms with Crippen LogP contribution in [0.5, 0.6) is 0 Å². The van der Waals surface area contributed by atoms with Gasteiger partial charge in [0.05, 0.1) is 56.2 Å². The molecule has 0 aliphatic heterocycles. The number of benzene rings is 5. The molecular weight excluding hydrogens is 626 g/mol. The monoisotopic (exact) mass is 646 g/mol. The lowest BCUT2D eigenvalue weighted by Gasteiger charge is -2.18. The molecule has 0 N–H and O–H groups in total. The molecule has 0 aliphatic carbocycles. The highest BCUT2D eigenvalue weighted by Crippen LogP contribution is 2.43. The molecule has 48 heavy (non-hydrogen) atoms. The molecule has 3 aromatic heterocycles. The Labute approximate surface area is 268 Å². The Morgan fingerprint density at radius 2 is 1.04 bits per heavy atom. The van der Waals surface area contributed by atoms with Gasteiger partial charge in [-0.15, -0.1) is 0 Å². The fourth-order valence-corrected chi connectivity index (χ4v) is 6.62. The summed E-state index contributed by atoms with van der Waals surface area (Å²) in [4.78, 5) is 4.41. The summed E-state index contributed by atoms with van der Waals surface area (Å²) in [6.07, 6.45) is -5.84. The maximum Gasteiger partial charge on any atom is 0.416 e. The van der Waals surface area contributed by atoms with Crippen molar-refractivity contribution in [3.8, 4) is 28.6 Å². The number of hydrogen-bond acceptors (Lipinski definition) is 2. The topological polar surface area (TPSA) is 46.5 Å². The number of fused-ring (bicyclic) bond motifs is 6. The Morgan fingerprint density at radius 1 is 0.521 bits per heavy atom. The Balaban J connectivity index is 1.45. The molecule has 8 aromatic rings. The molecule has 0 amide bonds. The first-order valence-corrected chi connectivity index (χ1v) is 14.7. The van der Waals surface area contributed by atoms with Crippen molar-refractivity contribution in [1.29, 1.82) is 5.26 Å². The lowest BCUT2D eigenvalue weighted by molar-refractivity contribution is -0.138. The van der Waals surface area contributed by atoms with Crippen molar-refractivity contribution in [1.82, 2.24) is 14.1 Å². The van der Waals surface area contributed by atoms with Gasteiger partial charge in [-0.3, -0.25) is 4.98 Å². The molecule has 5 aromatic carbocycles. The van der Waals surface area contributed by atoms with Crippen molar-refractivity contribution in [2.24, 2.45) is 0 Å². The van der Waals surface area contributed by atoms with Crippen LogP contribution in [0, 0.1) is 11.3 Å². The van der Waals surface area contributed by atoms with Crippen LogP contribution in [-0.4, -0.2) is 14.1 Å². The second-order valence-corrected chi connectivity index (χ2v) is 11.4. The van der Waals surface area contributed by atoms with Crippen molar-refractivity contribution in [3.63, 3.8) is 0 Å². The van der Waals surface area contributed by atoms with Crippen LogP contribution in [0.4, 0.5) is 26.3 Å². The number of nitrogens with zero attached hydrogens (tertiary/aromatic N) is 4. The van der Waals surface area contributed by atoms with Crippen LogP contribution in [0.2, 0.25) is 0 Å². The summed E-state index contributed by atoms with van der Waals surface area (Å²) in [7, 11) is 0. The smallest absolute Gasteiger partial charge is 0.309 e. The Morgan fingerprint density at radius 3 is 1.58 bits per heavy atom. The van der Waals surface area contributed by atoms with E-state index in [1.165, 1.54) is 12.1 Å². The molecule has 0 saturated heterocycles. The first-order chi connectivity index (χ1) is 23.0. The zero-order valence-electron chi connectivity index (χ0n) is 24.6. The first-order valence-electron chi connectivity index (χ1n) is 14.7. The third-order valence-corrected chi connectivity index (χ3v) is 8.70. The van der Waals surface area contributed by atoms with Crippen molar-refractivity contribution >= 4 is 43.6 Å². The van der Waals surface area contributed by atoms with Gasteiger partial charge in [0.25, 0.3) is 0 Å². The van der Waals surface area contributed by atoms with Gasteiger partial charge in [0.1, 0.15) is 0 Å². The average molecular weight is 647 g/mol. The summed E-state index contributed by atoms with van der Waals surface area (Å²) < 4.78 is 86.5. The molecule has 0 spiro atoms. The van der Waals surface area contributed by atoms with Gasteiger partial charge in [-0.2, -0.15) is 31.6 Å². The molecule has 8 rings (SSSR count). The van der Waals surface area contributed by atoms with Gasteiger partial charge >= 0.3 is 12.4 Å². The normalized spacial score (nSPS) is 12.4. The predicted octanol–water partition coefficient (Wildman–Crippen LogP) is 10.9. The number of nitriles is 1. The van der Waals surface area contributed by atoms with E-state index < -0.39 is 23.5 Å². The molecule has 0 fully saturated rings. The highest BCUT2D eigenvalue weighted by atomic mass is 19.4. The quantitative estimate of drug-likeness (QED) is 0.179. The molecule has 234 valence electrons. The van der Waals surface area contributed by atoms with Gasteiger partial charge in [0.2, 0.25) is 0 Å². The van der Waals surface area contributed by atoms with Crippen LogP contribution in [0.1, 0.15) is 16.7 Å². The molecule has 0 bridgehead atoms. The molecule has 0 atom stereocenters. The van der Waals surface area contributed by atoms with Crippen LogP contribution in [0.3, 0.4) is 0 Å². The first kappa shape index (κ1) is 29.3. The fourth-order valence-electron chi connectivity index (χ4n) is 6.62. The minimum Gasteiger partial charge on any atom is -0.309 e. The van der Waals surface area contributed by atoms with Crippen molar-refractivity contribution < 1.29 is 26.3 Å². The Hall–Kier alpha value is -6.08. The number of para-hydroxylation sites is 2. The average Bonchev–Trinajstić information content (AvgIpc) is 3.59. The molecule has 0 saturated carbocycles. The zero-order chi connectivity index (χ0) is 33.4. The maximum atomic E-state index is 13.8. The van der Waals surface area contributed by atoms with Gasteiger partial charge in [0.15, 0.2) is 0 Å². The third kappa shape index (κ3) is 4.50. The molecule has 0 radical (unpaired) electrons. The number of halogens is 6. The Kier molecular flexibility index (Phi) is 6.40. The summed E-state index contributed by atoms with van der Waals surface area (Å²) in [5, 5.41) is 12.0. The Bertz CT molecular complexity index is 2620.